The Bertz CT molecular complexity index is 430. The number of amides is 1. The van der Waals surface area contributed by atoms with E-state index < -0.39 is 0 Å². The van der Waals surface area contributed by atoms with Crippen LogP contribution in [-0.4, -0.2) is 30.3 Å². The molecule has 1 aliphatic carbocycles. The second-order valence-corrected chi connectivity index (χ2v) is 5.42. The van der Waals surface area contributed by atoms with E-state index in [-0.39, 0.29) is 12.0 Å². The van der Waals surface area contributed by atoms with Crippen molar-refractivity contribution in [2.45, 2.75) is 38.7 Å². The Morgan fingerprint density at radius 2 is 2.10 bits per heavy atom. The second kappa shape index (κ2) is 7.29. The molecule has 1 amide bonds. The Labute approximate surface area is 120 Å². The number of nitrogens with one attached hydrogen (secondary N) is 1. The van der Waals surface area contributed by atoms with E-state index in [1.165, 1.54) is 0 Å². The molecule has 4 nitrogen and oxygen atoms in total. The van der Waals surface area contributed by atoms with Crippen LogP contribution in [0, 0.1) is 5.92 Å². The van der Waals surface area contributed by atoms with E-state index in [1.807, 2.05) is 12.1 Å². The van der Waals surface area contributed by atoms with Crippen molar-refractivity contribution in [3.8, 4) is 5.75 Å². The summed E-state index contributed by atoms with van der Waals surface area (Å²) in [7, 11) is 0. The zero-order valence-electron chi connectivity index (χ0n) is 12.0. The highest BCUT2D eigenvalue weighted by atomic mass is 16.5. The maximum atomic E-state index is 12.0. The molecule has 1 aromatic carbocycles. The highest BCUT2D eigenvalue weighted by Crippen LogP contribution is 2.24. The van der Waals surface area contributed by atoms with Crippen LogP contribution in [-0.2, 0) is 0 Å². The summed E-state index contributed by atoms with van der Waals surface area (Å²) in [5, 5.41) is 12.4. The minimum atomic E-state index is -0.188. The van der Waals surface area contributed by atoms with Crippen LogP contribution < -0.4 is 10.1 Å². The number of aliphatic hydroxyl groups is 1. The zero-order valence-corrected chi connectivity index (χ0v) is 12.0. The maximum absolute atomic E-state index is 12.0. The van der Waals surface area contributed by atoms with Gasteiger partial charge in [0.15, 0.2) is 0 Å². The molecule has 0 bridgehead atoms. The number of aliphatic hydroxyl groups excluding tert-OH is 1. The summed E-state index contributed by atoms with van der Waals surface area (Å²) in [6.45, 7) is 3.39. The fraction of sp³-hybridized carbons (Fsp3) is 0.562. The lowest BCUT2D eigenvalue weighted by Crippen LogP contribution is -2.28. The van der Waals surface area contributed by atoms with Crippen LogP contribution in [0.25, 0.3) is 0 Å². The molecule has 2 N–H and O–H groups in total. The summed E-state index contributed by atoms with van der Waals surface area (Å²) in [5.41, 5.74) is 0.646. The molecule has 0 radical (unpaired) electrons. The topological polar surface area (TPSA) is 58.6 Å². The van der Waals surface area contributed by atoms with E-state index in [9.17, 15) is 9.90 Å². The van der Waals surface area contributed by atoms with Crippen molar-refractivity contribution in [1.29, 1.82) is 0 Å². The molecule has 2 unspecified atom stereocenters. The van der Waals surface area contributed by atoms with Crippen LogP contribution in [0.5, 0.6) is 5.75 Å². The standard InChI is InChI=1S/C16H23NO3/c1-2-9-20-15-7-4-13(5-8-15)16(19)17-11-12-3-6-14(18)10-12/h4-5,7-8,12,14,18H,2-3,6,9-11H2,1H3,(H,17,19). The predicted octanol–water partition coefficient (Wildman–Crippen LogP) is 2.37. The number of hydrogen-bond acceptors (Lipinski definition) is 3. The Morgan fingerprint density at radius 3 is 2.70 bits per heavy atom. The highest BCUT2D eigenvalue weighted by Gasteiger charge is 2.23. The summed E-state index contributed by atoms with van der Waals surface area (Å²) in [6.07, 6.45) is 3.42. The first-order valence-electron chi connectivity index (χ1n) is 7.38. The molecular weight excluding hydrogens is 254 g/mol. The molecular formula is C16H23NO3. The fourth-order valence-corrected chi connectivity index (χ4v) is 2.50. The Morgan fingerprint density at radius 1 is 1.35 bits per heavy atom. The molecule has 0 aliphatic heterocycles. The third-order valence-electron chi connectivity index (χ3n) is 3.65. The molecule has 2 atom stereocenters. The number of rotatable bonds is 6. The molecule has 0 spiro atoms. The third-order valence-corrected chi connectivity index (χ3v) is 3.65. The van der Waals surface area contributed by atoms with Crippen LogP contribution in [0.3, 0.4) is 0 Å². The number of carbonyl (C=O) groups is 1. The number of carbonyl (C=O) groups excluding carboxylic acids is 1. The van der Waals surface area contributed by atoms with Gasteiger partial charge in [-0.15, -0.1) is 0 Å². The van der Waals surface area contributed by atoms with Crippen molar-refractivity contribution in [3.63, 3.8) is 0 Å². The summed E-state index contributed by atoms with van der Waals surface area (Å²) in [4.78, 5) is 12.0. The Kier molecular flexibility index (Phi) is 5.41. The van der Waals surface area contributed by atoms with Crippen molar-refractivity contribution >= 4 is 5.91 Å². The fourth-order valence-electron chi connectivity index (χ4n) is 2.50. The summed E-state index contributed by atoms with van der Waals surface area (Å²) in [6, 6.07) is 7.21. The Hall–Kier alpha value is -1.55. The van der Waals surface area contributed by atoms with Crippen molar-refractivity contribution in [2.75, 3.05) is 13.2 Å². The summed E-state index contributed by atoms with van der Waals surface area (Å²) >= 11 is 0. The third kappa shape index (κ3) is 4.23. The van der Waals surface area contributed by atoms with E-state index in [2.05, 4.69) is 12.2 Å². The van der Waals surface area contributed by atoms with Gasteiger partial charge in [-0.05, 0) is 55.9 Å². The average Bonchev–Trinajstić information content (AvgIpc) is 2.89. The second-order valence-electron chi connectivity index (χ2n) is 5.42. The quantitative estimate of drug-likeness (QED) is 0.839. The SMILES string of the molecule is CCCOc1ccc(C(=O)NCC2CCC(O)C2)cc1. The number of benzene rings is 1. The van der Waals surface area contributed by atoms with Gasteiger partial charge in [-0.25, -0.2) is 0 Å². The van der Waals surface area contributed by atoms with Gasteiger partial charge in [-0.1, -0.05) is 6.92 Å². The largest absolute Gasteiger partial charge is 0.494 e. The maximum Gasteiger partial charge on any atom is 0.251 e. The minimum absolute atomic E-state index is 0.0616. The first-order chi connectivity index (χ1) is 9.69. The lowest BCUT2D eigenvalue weighted by atomic mass is 10.1. The van der Waals surface area contributed by atoms with Crippen LogP contribution in [0.4, 0.5) is 0 Å². The molecule has 1 saturated carbocycles. The molecule has 1 fully saturated rings. The Balaban J connectivity index is 1.80. The molecule has 4 heteroatoms. The van der Waals surface area contributed by atoms with Crippen molar-refractivity contribution < 1.29 is 14.6 Å². The zero-order chi connectivity index (χ0) is 14.4. The average molecular weight is 277 g/mol. The van der Waals surface area contributed by atoms with Crippen molar-refractivity contribution in [3.05, 3.63) is 29.8 Å². The highest BCUT2D eigenvalue weighted by molar-refractivity contribution is 5.94. The van der Waals surface area contributed by atoms with Gasteiger partial charge in [0.1, 0.15) is 5.75 Å². The molecule has 0 saturated heterocycles. The molecule has 20 heavy (non-hydrogen) atoms. The molecule has 110 valence electrons. The molecule has 0 aromatic heterocycles. The van der Waals surface area contributed by atoms with E-state index in [1.54, 1.807) is 12.1 Å². The van der Waals surface area contributed by atoms with Gasteiger partial charge in [0.05, 0.1) is 12.7 Å². The van der Waals surface area contributed by atoms with Crippen molar-refractivity contribution in [2.24, 2.45) is 5.92 Å². The van der Waals surface area contributed by atoms with Gasteiger partial charge in [-0.3, -0.25) is 4.79 Å². The molecule has 2 rings (SSSR count). The van der Waals surface area contributed by atoms with Crippen LogP contribution in [0.2, 0.25) is 0 Å². The van der Waals surface area contributed by atoms with Gasteiger partial charge in [0.2, 0.25) is 0 Å². The first kappa shape index (κ1) is 14.9. The lowest BCUT2D eigenvalue weighted by molar-refractivity contribution is 0.0945. The normalized spacial score (nSPS) is 21.7. The van der Waals surface area contributed by atoms with Crippen molar-refractivity contribution in [1.82, 2.24) is 5.32 Å². The van der Waals surface area contributed by atoms with Gasteiger partial charge >= 0.3 is 0 Å². The monoisotopic (exact) mass is 277 g/mol. The van der Waals surface area contributed by atoms with Crippen LogP contribution >= 0.6 is 0 Å². The van der Waals surface area contributed by atoms with E-state index in [0.717, 1.165) is 31.4 Å². The van der Waals surface area contributed by atoms with Gasteiger partial charge in [0.25, 0.3) is 5.91 Å². The number of ether oxygens (including phenoxy) is 1. The summed E-state index contributed by atoms with van der Waals surface area (Å²) in [5.74, 6) is 1.14. The van der Waals surface area contributed by atoms with Crippen LogP contribution in [0.15, 0.2) is 24.3 Å². The predicted molar refractivity (Wildman–Crippen MR) is 77.9 cm³/mol. The van der Waals surface area contributed by atoms with E-state index in [0.29, 0.717) is 24.6 Å². The van der Waals surface area contributed by atoms with Gasteiger partial charge in [0, 0.05) is 12.1 Å². The summed E-state index contributed by atoms with van der Waals surface area (Å²) < 4.78 is 5.48. The molecule has 1 aliphatic rings. The molecule has 1 aromatic rings. The van der Waals surface area contributed by atoms with E-state index >= 15 is 0 Å². The number of hydrogen-bond donors (Lipinski definition) is 2. The van der Waals surface area contributed by atoms with Gasteiger partial charge in [-0.2, -0.15) is 0 Å². The van der Waals surface area contributed by atoms with Crippen LogP contribution in [0.1, 0.15) is 43.0 Å². The van der Waals surface area contributed by atoms with E-state index in [4.69, 9.17) is 4.74 Å². The van der Waals surface area contributed by atoms with Gasteiger partial charge < -0.3 is 15.2 Å². The smallest absolute Gasteiger partial charge is 0.251 e. The first-order valence-corrected chi connectivity index (χ1v) is 7.38. The lowest BCUT2D eigenvalue weighted by Gasteiger charge is -2.11. The molecule has 0 heterocycles. The minimum Gasteiger partial charge on any atom is -0.494 e.